The number of aliphatic hydroxyl groups excluding tert-OH is 1. The van der Waals surface area contributed by atoms with Crippen LogP contribution in [0.2, 0.25) is 0 Å². The molecular formula is C47H41N3O11. The van der Waals surface area contributed by atoms with Gasteiger partial charge < -0.3 is 28.8 Å². The van der Waals surface area contributed by atoms with Crippen molar-refractivity contribution < 1.29 is 43.2 Å². The highest BCUT2D eigenvalue weighted by Gasteiger charge is 2.49. The summed E-state index contributed by atoms with van der Waals surface area (Å²) in [5.74, 6) is -0.613. The van der Waals surface area contributed by atoms with Crippen LogP contribution >= 0.6 is 0 Å². The summed E-state index contributed by atoms with van der Waals surface area (Å²) in [5.41, 5.74) is -0.351. The third-order valence-electron chi connectivity index (χ3n) is 11.0. The Bertz CT molecular complexity index is 2580. The molecule has 1 fully saturated rings. The third kappa shape index (κ3) is 7.75. The molecule has 2 amide bonds. The van der Waals surface area contributed by atoms with Gasteiger partial charge in [0.05, 0.1) is 37.5 Å². The Morgan fingerprint density at radius 3 is 1.82 bits per heavy atom. The van der Waals surface area contributed by atoms with Crippen LogP contribution in [-0.4, -0.2) is 83.0 Å². The minimum Gasteiger partial charge on any atom is -0.497 e. The zero-order valence-electron chi connectivity index (χ0n) is 33.1. The van der Waals surface area contributed by atoms with Gasteiger partial charge in [0.25, 0.3) is 17.4 Å². The normalized spacial score (nSPS) is 18.7. The van der Waals surface area contributed by atoms with Crippen LogP contribution in [0.4, 0.5) is 0 Å². The van der Waals surface area contributed by atoms with Crippen molar-refractivity contribution in [2.24, 2.45) is 0 Å². The lowest BCUT2D eigenvalue weighted by Gasteiger charge is -2.45. The molecule has 4 atom stereocenters. The lowest BCUT2D eigenvalue weighted by Crippen LogP contribution is -2.57. The number of nitrogens with one attached hydrogen (secondary N) is 1. The number of hydrogen-bond acceptors (Lipinski definition) is 11. The van der Waals surface area contributed by atoms with E-state index in [0.717, 1.165) is 9.47 Å². The predicted molar refractivity (Wildman–Crippen MR) is 221 cm³/mol. The summed E-state index contributed by atoms with van der Waals surface area (Å²) in [7, 11) is 3.13. The molecule has 0 saturated carbocycles. The lowest BCUT2D eigenvalue weighted by molar-refractivity contribution is -0.240. The second kappa shape index (κ2) is 17.2. The number of aliphatic hydroxyl groups is 1. The average Bonchev–Trinajstić information content (AvgIpc) is 3.54. The first-order valence-electron chi connectivity index (χ1n) is 19.5. The number of carbonyl (C=O) groups is 3. The highest BCUT2D eigenvalue weighted by Crippen LogP contribution is 2.44. The number of aromatic nitrogens is 2. The van der Waals surface area contributed by atoms with Crippen LogP contribution in [0.15, 0.2) is 149 Å². The number of nitrogens with zero attached hydrogens (tertiary/aromatic N) is 2. The van der Waals surface area contributed by atoms with Crippen LogP contribution in [0.1, 0.15) is 59.6 Å². The summed E-state index contributed by atoms with van der Waals surface area (Å²) >= 11 is 0. The van der Waals surface area contributed by atoms with E-state index in [4.69, 9.17) is 23.7 Å². The number of amides is 2. The topological polar surface area (TPSA) is 176 Å². The quantitative estimate of drug-likeness (QED) is 0.0923. The Morgan fingerprint density at radius 2 is 1.26 bits per heavy atom. The molecule has 1 saturated heterocycles. The molecule has 0 bridgehead atoms. The first-order valence-corrected chi connectivity index (χ1v) is 19.5. The Balaban J connectivity index is 1.17. The van der Waals surface area contributed by atoms with Gasteiger partial charge in [-0.05, 0) is 71.6 Å². The summed E-state index contributed by atoms with van der Waals surface area (Å²) in [4.78, 5) is 70.1. The highest BCUT2D eigenvalue weighted by atomic mass is 16.6. The van der Waals surface area contributed by atoms with Crippen LogP contribution < -0.4 is 20.7 Å². The predicted octanol–water partition coefficient (Wildman–Crippen LogP) is 4.89. The van der Waals surface area contributed by atoms with Gasteiger partial charge in [-0.3, -0.25) is 28.8 Å². The van der Waals surface area contributed by atoms with E-state index >= 15 is 0 Å². The van der Waals surface area contributed by atoms with Crippen molar-refractivity contribution >= 4 is 17.8 Å². The maximum Gasteiger partial charge on any atom is 0.338 e. The van der Waals surface area contributed by atoms with Crippen LogP contribution in [0.3, 0.4) is 0 Å². The van der Waals surface area contributed by atoms with Gasteiger partial charge in [0.15, 0.2) is 12.3 Å². The summed E-state index contributed by atoms with van der Waals surface area (Å²) in [5, 5.41) is 12.4. The number of benzene rings is 5. The molecule has 0 aliphatic carbocycles. The van der Waals surface area contributed by atoms with Crippen molar-refractivity contribution in [1.82, 2.24) is 14.5 Å². The van der Waals surface area contributed by atoms with Gasteiger partial charge in [-0.2, -0.15) is 0 Å². The van der Waals surface area contributed by atoms with E-state index in [1.807, 2.05) is 54.6 Å². The number of fused-ring (bicyclic) bond motifs is 1. The molecule has 14 nitrogen and oxygen atoms in total. The van der Waals surface area contributed by atoms with Crippen LogP contribution in [0.5, 0.6) is 11.5 Å². The summed E-state index contributed by atoms with van der Waals surface area (Å²) in [6.07, 6.45) is -4.80. The standard InChI is InChI=1S/C47H41N3O11/c1-57-34-21-17-32(18-22-34)47(31-13-7-4-8-14-31,33-19-23-35(58-2)24-20-33)61-38-28-59-44(40(39(38)51)60-45(55)29-11-5-3-6-12-29)50-27-30(41(52)48-46(50)56)25-26-49-42(53)36-15-9-10-16-37(36)43(49)54/h3-24,27,38-40,44,51H,25-26,28H2,1-2H3,(H,48,52,56)/t38-,39-,40-,44-/m1/s1. The molecule has 5 aromatic carbocycles. The molecule has 0 spiro atoms. The van der Waals surface area contributed by atoms with Gasteiger partial charge in [-0.1, -0.05) is 84.9 Å². The Hall–Kier alpha value is -7.13. The monoisotopic (exact) mass is 823 g/mol. The van der Waals surface area contributed by atoms with Crippen LogP contribution in [0.25, 0.3) is 0 Å². The molecule has 2 N–H and O–H groups in total. The maximum absolute atomic E-state index is 13.8. The van der Waals surface area contributed by atoms with Gasteiger partial charge in [-0.15, -0.1) is 0 Å². The molecule has 3 heterocycles. The van der Waals surface area contributed by atoms with Crippen molar-refractivity contribution in [3.05, 3.63) is 199 Å². The zero-order valence-corrected chi connectivity index (χ0v) is 33.1. The SMILES string of the molecule is COc1ccc(C(O[C@@H]2CO[C@@H](n3cc(CCN4C(=O)c5ccccc5C4=O)c(=O)[nH]c3=O)[C@H](OC(=O)c3ccccc3)[C@@H]2O)(c2ccccc2)c2ccc(OC)cc2)cc1. The molecule has 8 rings (SSSR count). The molecule has 14 heteroatoms. The number of H-pyrrole nitrogens is 1. The highest BCUT2D eigenvalue weighted by molar-refractivity contribution is 6.21. The largest absolute Gasteiger partial charge is 0.497 e. The first-order chi connectivity index (χ1) is 29.6. The van der Waals surface area contributed by atoms with Crippen molar-refractivity contribution in [3.63, 3.8) is 0 Å². The van der Waals surface area contributed by atoms with Gasteiger partial charge in [-0.25, -0.2) is 9.59 Å². The molecule has 310 valence electrons. The Labute approximate surface area is 349 Å². The first kappa shape index (κ1) is 40.6. The van der Waals surface area contributed by atoms with E-state index in [1.54, 1.807) is 93.1 Å². The number of aromatic amines is 1. The number of methoxy groups -OCH3 is 2. The average molecular weight is 824 g/mol. The van der Waals surface area contributed by atoms with Crippen molar-refractivity contribution in [1.29, 1.82) is 0 Å². The lowest BCUT2D eigenvalue weighted by atomic mass is 9.79. The molecule has 0 unspecified atom stereocenters. The maximum atomic E-state index is 13.8. The molecule has 6 aromatic rings. The number of hydrogen-bond donors (Lipinski definition) is 2. The fourth-order valence-corrected chi connectivity index (χ4v) is 7.83. The minimum atomic E-state index is -1.63. The number of imide groups is 1. The number of esters is 1. The van der Waals surface area contributed by atoms with E-state index < -0.39 is 59.2 Å². The summed E-state index contributed by atoms with van der Waals surface area (Å²) < 4.78 is 31.5. The van der Waals surface area contributed by atoms with Gasteiger partial charge >= 0.3 is 11.7 Å². The van der Waals surface area contributed by atoms with Crippen LogP contribution in [0, 0.1) is 0 Å². The molecule has 1 aromatic heterocycles. The second-order valence-electron chi connectivity index (χ2n) is 14.5. The number of rotatable bonds is 13. The van der Waals surface area contributed by atoms with E-state index in [1.165, 1.54) is 6.20 Å². The summed E-state index contributed by atoms with van der Waals surface area (Å²) in [6, 6.07) is 38.5. The molecule has 61 heavy (non-hydrogen) atoms. The summed E-state index contributed by atoms with van der Waals surface area (Å²) in [6.45, 7) is -0.482. The second-order valence-corrected chi connectivity index (χ2v) is 14.5. The Morgan fingerprint density at radius 1 is 0.738 bits per heavy atom. The van der Waals surface area contributed by atoms with Gasteiger partial charge in [0, 0.05) is 18.3 Å². The van der Waals surface area contributed by atoms with Gasteiger partial charge in [0.1, 0.15) is 29.3 Å². The third-order valence-corrected chi connectivity index (χ3v) is 11.0. The molecule has 2 aliphatic rings. The van der Waals surface area contributed by atoms with Crippen molar-refractivity contribution in [3.8, 4) is 11.5 Å². The molecule has 2 aliphatic heterocycles. The fraction of sp³-hybridized carbons (Fsp3) is 0.213. The van der Waals surface area contributed by atoms with Gasteiger partial charge in [0.2, 0.25) is 0 Å². The van der Waals surface area contributed by atoms with Crippen molar-refractivity contribution in [2.45, 2.75) is 36.6 Å². The molecular weight excluding hydrogens is 783 g/mol. The van der Waals surface area contributed by atoms with E-state index in [-0.39, 0.29) is 41.8 Å². The zero-order chi connectivity index (χ0) is 42.7. The smallest absolute Gasteiger partial charge is 0.338 e. The van der Waals surface area contributed by atoms with E-state index in [9.17, 15) is 29.1 Å². The van der Waals surface area contributed by atoms with Crippen LogP contribution in [-0.2, 0) is 26.2 Å². The van der Waals surface area contributed by atoms with E-state index in [0.29, 0.717) is 28.2 Å². The molecule has 0 radical (unpaired) electrons. The Kier molecular flexibility index (Phi) is 11.5. The van der Waals surface area contributed by atoms with Crippen molar-refractivity contribution in [2.75, 3.05) is 27.4 Å². The van der Waals surface area contributed by atoms with E-state index in [2.05, 4.69) is 4.98 Å². The number of carbonyl (C=O) groups excluding carboxylic acids is 3. The minimum absolute atomic E-state index is 0.0304. The number of ether oxygens (including phenoxy) is 5. The fourth-order valence-electron chi connectivity index (χ4n) is 7.83.